The van der Waals surface area contributed by atoms with Crippen LogP contribution in [0.5, 0.6) is 11.5 Å². The van der Waals surface area contributed by atoms with E-state index in [1.807, 2.05) is 49.4 Å². The van der Waals surface area contributed by atoms with Crippen molar-refractivity contribution >= 4 is 60.1 Å². The van der Waals surface area contributed by atoms with Gasteiger partial charge >= 0.3 is 5.00 Å². The lowest BCUT2D eigenvalue weighted by atomic mass is 10.1. The van der Waals surface area contributed by atoms with E-state index in [-0.39, 0.29) is 22.6 Å². The Bertz CT molecular complexity index is 1620. The molecule has 1 aliphatic rings. The SMILES string of the molecule is Cc1c(Cc2ccc3c(c2)OCO3)sc(NC(=O)c2ccc([N+](=O)[O-])s2)c1-c1nc2ccccc2s1. The zero-order chi connectivity index (χ0) is 24.8. The minimum Gasteiger partial charge on any atom is -0.454 e. The average molecular weight is 536 g/mol. The van der Waals surface area contributed by atoms with Crippen LogP contribution in [0.1, 0.15) is 25.7 Å². The molecule has 1 N–H and O–H groups in total. The molecule has 6 rings (SSSR count). The summed E-state index contributed by atoms with van der Waals surface area (Å²) < 4.78 is 12.0. The van der Waals surface area contributed by atoms with Crippen molar-refractivity contribution in [2.45, 2.75) is 13.3 Å². The van der Waals surface area contributed by atoms with Gasteiger partial charge < -0.3 is 14.8 Å². The summed E-state index contributed by atoms with van der Waals surface area (Å²) in [6.45, 7) is 2.25. The van der Waals surface area contributed by atoms with Crippen LogP contribution in [0.4, 0.5) is 10.0 Å². The van der Waals surface area contributed by atoms with E-state index in [2.05, 4.69) is 5.32 Å². The molecule has 0 aliphatic carbocycles. The average Bonchev–Trinajstić information content (AvgIpc) is 3.65. The van der Waals surface area contributed by atoms with Gasteiger partial charge in [0.25, 0.3) is 5.91 Å². The number of hydrogen-bond donors (Lipinski definition) is 1. The summed E-state index contributed by atoms with van der Waals surface area (Å²) in [5.41, 5.74) is 3.86. The molecule has 5 aromatic rings. The minimum atomic E-state index is -0.493. The third kappa shape index (κ3) is 4.11. The Morgan fingerprint density at radius 1 is 1.08 bits per heavy atom. The van der Waals surface area contributed by atoms with Gasteiger partial charge in [-0.3, -0.25) is 14.9 Å². The highest BCUT2D eigenvalue weighted by atomic mass is 32.1. The first kappa shape index (κ1) is 22.7. The van der Waals surface area contributed by atoms with Crippen molar-refractivity contribution in [3.8, 4) is 22.1 Å². The van der Waals surface area contributed by atoms with Crippen LogP contribution in [-0.4, -0.2) is 22.6 Å². The number of nitro groups is 1. The summed E-state index contributed by atoms with van der Waals surface area (Å²) in [5, 5.41) is 15.5. The number of carbonyl (C=O) groups is 1. The molecule has 0 spiro atoms. The maximum atomic E-state index is 13.0. The standard InChI is InChI=1S/C25H17N3O5S3/c1-13-20(11-14-6-7-16-17(10-14)33-12-32-16)36-25(27-23(29)19-8-9-21(34-19)28(30)31)22(13)24-26-15-4-2-3-5-18(15)35-24/h2-10H,11-12H2,1H3,(H,27,29). The lowest BCUT2D eigenvalue weighted by Gasteiger charge is -2.04. The molecule has 0 saturated heterocycles. The third-order valence-corrected chi connectivity index (χ3v) is 9.07. The van der Waals surface area contributed by atoms with Gasteiger partial charge in [0.05, 0.1) is 20.0 Å². The highest BCUT2D eigenvalue weighted by Gasteiger charge is 2.24. The molecule has 0 bridgehead atoms. The van der Waals surface area contributed by atoms with Crippen molar-refractivity contribution in [3.63, 3.8) is 0 Å². The van der Waals surface area contributed by atoms with Gasteiger partial charge in [0.1, 0.15) is 10.0 Å². The fourth-order valence-corrected chi connectivity index (χ4v) is 7.09. The molecule has 4 heterocycles. The molecule has 2 aromatic carbocycles. The molecular formula is C25H17N3O5S3. The molecule has 0 radical (unpaired) electrons. The van der Waals surface area contributed by atoms with E-state index in [4.69, 9.17) is 14.5 Å². The number of amides is 1. The van der Waals surface area contributed by atoms with E-state index < -0.39 is 4.92 Å². The predicted octanol–water partition coefficient (Wildman–Crippen LogP) is 6.87. The number of fused-ring (bicyclic) bond motifs is 2. The number of benzene rings is 2. The first-order chi connectivity index (χ1) is 17.5. The monoisotopic (exact) mass is 535 g/mol. The van der Waals surface area contributed by atoms with Crippen LogP contribution in [0.15, 0.2) is 54.6 Å². The highest BCUT2D eigenvalue weighted by Crippen LogP contribution is 2.45. The Labute approximate surface area is 216 Å². The van der Waals surface area contributed by atoms with E-state index in [0.29, 0.717) is 11.4 Å². The summed E-state index contributed by atoms with van der Waals surface area (Å²) in [6.07, 6.45) is 0.644. The molecule has 0 fully saturated rings. The Hall–Kier alpha value is -3.80. The number of carbonyl (C=O) groups excluding carboxylic acids is 1. The number of para-hydroxylation sites is 1. The maximum Gasteiger partial charge on any atom is 0.324 e. The van der Waals surface area contributed by atoms with Gasteiger partial charge in [0.2, 0.25) is 6.79 Å². The molecule has 0 unspecified atom stereocenters. The zero-order valence-corrected chi connectivity index (χ0v) is 21.2. The summed E-state index contributed by atoms with van der Waals surface area (Å²) >= 11 is 3.91. The van der Waals surface area contributed by atoms with Gasteiger partial charge in [0, 0.05) is 22.9 Å². The quantitative estimate of drug-likeness (QED) is 0.188. The van der Waals surface area contributed by atoms with E-state index in [9.17, 15) is 14.9 Å². The second kappa shape index (κ2) is 9.01. The molecule has 0 saturated carbocycles. The number of ether oxygens (including phenoxy) is 2. The molecule has 1 aliphatic heterocycles. The number of aromatic nitrogens is 1. The van der Waals surface area contributed by atoms with Gasteiger partial charge in [-0.2, -0.15) is 0 Å². The number of anilines is 1. The summed E-state index contributed by atoms with van der Waals surface area (Å²) in [7, 11) is 0. The number of rotatable bonds is 6. The second-order valence-electron chi connectivity index (χ2n) is 8.05. The fourth-order valence-electron chi connectivity index (χ4n) is 4.00. The number of nitrogens with one attached hydrogen (secondary N) is 1. The predicted molar refractivity (Wildman–Crippen MR) is 142 cm³/mol. The zero-order valence-electron chi connectivity index (χ0n) is 18.8. The molecule has 11 heteroatoms. The van der Waals surface area contributed by atoms with Crippen LogP contribution in [-0.2, 0) is 6.42 Å². The molecular weight excluding hydrogens is 518 g/mol. The normalized spacial score (nSPS) is 12.2. The van der Waals surface area contributed by atoms with Gasteiger partial charge in [-0.25, -0.2) is 4.98 Å². The molecule has 180 valence electrons. The fraction of sp³-hybridized carbons (Fsp3) is 0.120. The first-order valence-electron chi connectivity index (χ1n) is 10.9. The van der Waals surface area contributed by atoms with Crippen molar-refractivity contribution in [3.05, 3.63) is 85.6 Å². The second-order valence-corrected chi connectivity index (χ2v) is 11.3. The summed E-state index contributed by atoms with van der Waals surface area (Å²) in [4.78, 5) is 29.8. The lowest BCUT2D eigenvalue weighted by molar-refractivity contribution is -0.380. The Morgan fingerprint density at radius 2 is 1.92 bits per heavy atom. The van der Waals surface area contributed by atoms with Crippen LogP contribution in [0, 0.1) is 17.0 Å². The highest BCUT2D eigenvalue weighted by molar-refractivity contribution is 7.23. The van der Waals surface area contributed by atoms with Crippen molar-refractivity contribution < 1.29 is 19.2 Å². The molecule has 8 nitrogen and oxygen atoms in total. The Kier molecular flexibility index (Phi) is 5.67. The summed E-state index contributed by atoms with van der Waals surface area (Å²) in [5.74, 6) is 1.07. The van der Waals surface area contributed by atoms with Crippen LogP contribution >= 0.6 is 34.0 Å². The van der Waals surface area contributed by atoms with Crippen LogP contribution in [0.2, 0.25) is 0 Å². The van der Waals surface area contributed by atoms with Crippen molar-refractivity contribution in [1.82, 2.24) is 4.98 Å². The van der Waals surface area contributed by atoms with Crippen LogP contribution in [0.3, 0.4) is 0 Å². The van der Waals surface area contributed by atoms with E-state index in [1.165, 1.54) is 23.5 Å². The van der Waals surface area contributed by atoms with Crippen LogP contribution in [0.25, 0.3) is 20.8 Å². The maximum absolute atomic E-state index is 13.0. The number of thiophene rings is 2. The molecule has 3 aromatic heterocycles. The van der Waals surface area contributed by atoms with Crippen LogP contribution < -0.4 is 14.8 Å². The topological polar surface area (TPSA) is 104 Å². The summed E-state index contributed by atoms with van der Waals surface area (Å²) in [6, 6.07) is 16.6. The first-order valence-corrected chi connectivity index (χ1v) is 13.3. The smallest absolute Gasteiger partial charge is 0.324 e. The van der Waals surface area contributed by atoms with Gasteiger partial charge in [-0.05, 0) is 48.4 Å². The van der Waals surface area contributed by atoms with Crippen molar-refractivity contribution in [2.24, 2.45) is 0 Å². The van der Waals surface area contributed by atoms with E-state index in [1.54, 1.807) is 11.3 Å². The van der Waals surface area contributed by atoms with Gasteiger partial charge in [-0.1, -0.05) is 29.5 Å². The Morgan fingerprint density at radius 3 is 2.72 bits per heavy atom. The van der Waals surface area contributed by atoms with E-state index >= 15 is 0 Å². The number of nitrogens with zero attached hydrogens (tertiary/aromatic N) is 2. The van der Waals surface area contributed by atoms with Crippen molar-refractivity contribution in [1.29, 1.82) is 0 Å². The lowest BCUT2D eigenvalue weighted by Crippen LogP contribution is -2.09. The molecule has 36 heavy (non-hydrogen) atoms. The Balaban J connectivity index is 1.39. The largest absolute Gasteiger partial charge is 0.454 e. The number of thiazole rings is 1. The van der Waals surface area contributed by atoms with Gasteiger partial charge in [0.15, 0.2) is 11.5 Å². The van der Waals surface area contributed by atoms with Gasteiger partial charge in [-0.15, -0.1) is 22.7 Å². The molecule has 0 atom stereocenters. The number of hydrogen-bond acceptors (Lipinski definition) is 9. The van der Waals surface area contributed by atoms with E-state index in [0.717, 1.165) is 59.6 Å². The third-order valence-electron chi connectivity index (χ3n) is 5.78. The minimum absolute atomic E-state index is 0.0718. The molecule has 1 amide bonds. The van der Waals surface area contributed by atoms with Crippen molar-refractivity contribution in [2.75, 3.05) is 12.1 Å².